The summed E-state index contributed by atoms with van der Waals surface area (Å²) in [5, 5.41) is 5.53. The molecular weight excluding hydrogens is 202 g/mol. The lowest BCUT2D eigenvalue weighted by atomic mass is 10.2. The molecule has 1 rings (SSSR count). The van der Waals surface area contributed by atoms with E-state index >= 15 is 0 Å². The molecule has 0 amide bonds. The molecular formula is C10H16ClNS. The van der Waals surface area contributed by atoms with Gasteiger partial charge in [0.1, 0.15) is 0 Å². The van der Waals surface area contributed by atoms with Crippen LogP contribution in [0.3, 0.4) is 0 Å². The lowest BCUT2D eigenvalue weighted by Crippen LogP contribution is -2.18. The molecule has 74 valence electrons. The average molecular weight is 218 g/mol. The first kappa shape index (κ1) is 11.0. The van der Waals surface area contributed by atoms with Gasteiger partial charge in [-0.25, -0.2) is 0 Å². The van der Waals surface area contributed by atoms with Crippen molar-refractivity contribution in [2.45, 2.75) is 19.8 Å². The number of aryl methyl sites for hydroxylation is 1. The van der Waals surface area contributed by atoms with Gasteiger partial charge >= 0.3 is 0 Å². The van der Waals surface area contributed by atoms with Crippen LogP contribution in [0.25, 0.3) is 0 Å². The van der Waals surface area contributed by atoms with Gasteiger partial charge < -0.3 is 5.32 Å². The zero-order valence-corrected chi connectivity index (χ0v) is 9.55. The Morgan fingerprint density at radius 2 is 2.31 bits per heavy atom. The smallest absolute Gasteiger partial charge is 0.0235 e. The normalized spacial score (nSPS) is 10.6. The van der Waals surface area contributed by atoms with Crippen LogP contribution in [-0.4, -0.2) is 19.0 Å². The molecule has 0 unspecified atom stereocenters. The Morgan fingerprint density at radius 1 is 1.46 bits per heavy atom. The Morgan fingerprint density at radius 3 is 2.92 bits per heavy atom. The third-order valence-electron chi connectivity index (χ3n) is 1.98. The zero-order valence-electron chi connectivity index (χ0n) is 7.98. The zero-order chi connectivity index (χ0) is 9.52. The van der Waals surface area contributed by atoms with E-state index in [4.69, 9.17) is 11.6 Å². The molecule has 0 aliphatic heterocycles. The predicted octanol–water partition coefficient (Wildman–Crippen LogP) is 2.82. The van der Waals surface area contributed by atoms with Crippen molar-refractivity contribution in [1.82, 2.24) is 5.32 Å². The number of thiophene rings is 1. The van der Waals surface area contributed by atoms with Gasteiger partial charge in [-0.15, -0.1) is 22.9 Å². The minimum atomic E-state index is 0.755. The third-order valence-corrected chi connectivity index (χ3v) is 3.33. The van der Waals surface area contributed by atoms with Crippen LogP contribution < -0.4 is 5.32 Å². The highest BCUT2D eigenvalue weighted by Crippen LogP contribution is 2.15. The highest BCUT2D eigenvalue weighted by Gasteiger charge is 1.98. The van der Waals surface area contributed by atoms with Crippen molar-refractivity contribution < 1.29 is 0 Å². The number of rotatable bonds is 6. The fourth-order valence-corrected chi connectivity index (χ4v) is 2.22. The van der Waals surface area contributed by atoms with Crippen LogP contribution >= 0.6 is 22.9 Å². The molecule has 0 aliphatic rings. The van der Waals surface area contributed by atoms with Gasteiger partial charge in [0.25, 0.3) is 0 Å². The monoisotopic (exact) mass is 217 g/mol. The van der Waals surface area contributed by atoms with Crippen LogP contribution in [0.4, 0.5) is 0 Å². The Bertz CT molecular complexity index is 235. The summed E-state index contributed by atoms with van der Waals surface area (Å²) >= 11 is 7.41. The molecule has 1 aromatic rings. The van der Waals surface area contributed by atoms with E-state index in [0.717, 1.165) is 31.8 Å². The van der Waals surface area contributed by atoms with Crippen LogP contribution in [-0.2, 0) is 6.42 Å². The molecule has 1 nitrogen and oxygen atoms in total. The van der Waals surface area contributed by atoms with Gasteiger partial charge in [-0.1, -0.05) is 0 Å². The molecule has 0 saturated carbocycles. The van der Waals surface area contributed by atoms with Crippen LogP contribution in [0, 0.1) is 6.92 Å². The van der Waals surface area contributed by atoms with E-state index in [-0.39, 0.29) is 0 Å². The summed E-state index contributed by atoms with van der Waals surface area (Å²) in [5.41, 5.74) is 1.42. The highest BCUT2D eigenvalue weighted by molar-refractivity contribution is 7.10. The van der Waals surface area contributed by atoms with Crippen LogP contribution in [0.1, 0.15) is 16.9 Å². The highest BCUT2D eigenvalue weighted by atomic mass is 35.5. The molecule has 0 saturated heterocycles. The summed E-state index contributed by atoms with van der Waals surface area (Å²) in [6.45, 7) is 4.27. The molecule has 0 spiro atoms. The van der Waals surface area contributed by atoms with E-state index in [0.29, 0.717) is 0 Å². The SMILES string of the molecule is Cc1ccsc1CCNCCCCl. The third kappa shape index (κ3) is 4.12. The van der Waals surface area contributed by atoms with Crippen LogP contribution in [0.15, 0.2) is 11.4 Å². The standard InChI is InChI=1S/C10H16ClNS/c1-9-4-8-13-10(9)3-7-12-6-2-5-11/h4,8,12H,2-3,5-7H2,1H3. The first-order chi connectivity index (χ1) is 6.34. The van der Waals surface area contributed by atoms with Gasteiger partial charge in [-0.2, -0.15) is 0 Å². The lowest BCUT2D eigenvalue weighted by molar-refractivity contribution is 0.675. The van der Waals surface area contributed by atoms with Crippen molar-refractivity contribution in [3.63, 3.8) is 0 Å². The van der Waals surface area contributed by atoms with E-state index in [9.17, 15) is 0 Å². The fraction of sp³-hybridized carbons (Fsp3) is 0.600. The quantitative estimate of drug-likeness (QED) is 0.571. The summed E-state index contributed by atoms with van der Waals surface area (Å²) in [6.07, 6.45) is 2.21. The summed E-state index contributed by atoms with van der Waals surface area (Å²) in [7, 11) is 0. The van der Waals surface area contributed by atoms with E-state index < -0.39 is 0 Å². The maximum atomic E-state index is 5.57. The van der Waals surface area contributed by atoms with Gasteiger partial charge in [0.05, 0.1) is 0 Å². The molecule has 0 fully saturated rings. The van der Waals surface area contributed by atoms with Crippen molar-refractivity contribution in [2.24, 2.45) is 0 Å². The topological polar surface area (TPSA) is 12.0 Å². The van der Waals surface area contributed by atoms with Gasteiger partial charge in [-0.3, -0.25) is 0 Å². The van der Waals surface area contributed by atoms with Gasteiger partial charge in [-0.05, 0) is 49.9 Å². The molecule has 1 aromatic heterocycles. The molecule has 13 heavy (non-hydrogen) atoms. The number of hydrogen-bond donors (Lipinski definition) is 1. The van der Waals surface area contributed by atoms with Crippen molar-refractivity contribution in [3.05, 3.63) is 21.9 Å². The summed E-state index contributed by atoms with van der Waals surface area (Å²) in [6, 6.07) is 2.18. The predicted molar refractivity (Wildman–Crippen MR) is 61.0 cm³/mol. The second-order valence-corrected chi connectivity index (χ2v) is 4.45. The molecule has 0 bridgehead atoms. The second kappa shape index (κ2) is 6.41. The Kier molecular flexibility index (Phi) is 5.44. The van der Waals surface area contributed by atoms with E-state index in [2.05, 4.69) is 23.7 Å². The maximum Gasteiger partial charge on any atom is 0.0235 e. The van der Waals surface area contributed by atoms with Gasteiger partial charge in [0.2, 0.25) is 0 Å². The largest absolute Gasteiger partial charge is 0.316 e. The molecule has 1 N–H and O–H groups in total. The Balaban J connectivity index is 2.10. The van der Waals surface area contributed by atoms with Gasteiger partial charge in [0.15, 0.2) is 0 Å². The van der Waals surface area contributed by atoms with Crippen molar-refractivity contribution in [3.8, 4) is 0 Å². The van der Waals surface area contributed by atoms with Crippen molar-refractivity contribution in [1.29, 1.82) is 0 Å². The number of alkyl halides is 1. The van der Waals surface area contributed by atoms with Crippen molar-refractivity contribution >= 4 is 22.9 Å². The summed E-state index contributed by atoms with van der Waals surface area (Å²) in [4.78, 5) is 1.50. The minimum absolute atomic E-state index is 0.755. The van der Waals surface area contributed by atoms with Crippen LogP contribution in [0.5, 0.6) is 0 Å². The number of halogens is 1. The van der Waals surface area contributed by atoms with E-state index in [1.165, 1.54) is 10.4 Å². The van der Waals surface area contributed by atoms with E-state index in [1.807, 2.05) is 11.3 Å². The lowest BCUT2D eigenvalue weighted by Gasteiger charge is -2.02. The van der Waals surface area contributed by atoms with E-state index in [1.54, 1.807) is 0 Å². The Labute approximate surface area is 89.1 Å². The van der Waals surface area contributed by atoms with Crippen LogP contribution in [0.2, 0.25) is 0 Å². The Hall–Kier alpha value is -0.0500. The maximum absolute atomic E-state index is 5.57. The molecule has 0 atom stereocenters. The number of nitrogens with one attached hydrogen (secondary N) is 1. The first-order valence-corrected chi connectivity index (χ1v) is 6.05. The molecule has 3 heteroatoms. The van der Waals surface area contributed by atoms with Crippen molar-refractivity contribution in [2.75, 3.05) is 19.0 Å². The fourth-order valence-electron chi connectivity index (χ4n) is 1.18. The molecule has 0 aromatic carbocycles. The van der Waals surface area contributed by atoms with Gasteiger partial charge in [0, 0.05) is 10.8 Å². The number of hydrogen-bond acceptors (Lipinski definition) is 2. The minimum Gasteiger partial charge on any atom is -0.316 e. The molecule has 0 aliphatic carbocycles. The summed E-state index contributed by atoms with van der Waals surface area (Å²) in [5.74, 6) is 0.755. The molecule has 0 radical (unpaired) electrons. The second-order valence-electron chi connectivity index (χ2n) is 3.07. The summed E-state index contributed by atoms with van der Waals surface area (Å²) < 4.78 is 0. The molecule has 1 heterocycles. The average Bonchev–Trinajstić information content (AvgIpc) is 2.52. The first-order valence-electron chi connectivity index (χ1n) is 4.64.